The fourth-order valence-electron chi connectivity index (χ4n) is 3.90. The first-order valence-corrected chi connectivity index (χ1v) is 9.74. The molecular weight excluding hydrogens is 352 g/mol. The van der Waals surface area contributed by atoms with Crippen molar-refractivity contribution in [1.29, 1.82) is 0 Å². The summed E-state index contributed by atoms with van der Waals surface area (Å²) >= 11 is 0. The average molecular weight is 384 g/mol. The van der Waals surface area contributed by atoms with Gasteiger partial charge >= 0.3 is 11.9 Å². The summed E-state index contributed by atoms with van der Waals surface area (Å²) in [4.78, 5) is 32.5. The zero-order valence-corrected chi connectivity index (χ0v) is 16.9. The Bertz CT molecular complexity index is 543. The molecule has 0 aromatic carbocycles. The first-order valence-electron chi connectivity index (χ1n) is 9.74. The minimum Gasteiger partial charge on any atom is -0.460 e. The SMILES string of the molecule is CC(=O)OC1(C)CCC(=O)CC1.CC(=O)OC1(C)CCC2(CC1)OCCO2. The predicted octanol–water partition coefficient (Wildman–Crippen LogP) is 3.08. The number of ether oxygens (including phenoxy) is 4. The molecule has 0 aromatic heterocycles. The fourth-order valence-corrected chi connectivity index (χ4v) is 3.90. The van der Waals surface area contributed by atoms with Crippen molar-refractivity contribution in [1.82, 2.24) is 0 Å². The second-order valence-electron chi connectivity index (χ2n) is 8.23. The summed E-state index contributed by atoms with van der Waals surface area (Å²) in [6, 6.07) is 0. The zero-order chi connectivity index (χ0) is 20.1. The van der Waals surface area contributed by atoms with Gasteiger partial charge in [-0.15, -0.1) is 0 Å². The number of carbonyl (C=O) groups excluding carboxylic acids is 3. The van der Waals surface area contributed by atoms with Gasteiger partial charge in [0.2, 0.25) is 0 Å². The number of ketones is 1. The van der Waals surface area contributed by atoms with Gasteiger partial charge in [0, 0.05) is 39.5 Å². The third-order valence-corrected chi connectivity index (χ3v) is 5.53. The first kappa shape index (κ1) is 21.8. The summed E-state index contributed by atoms with van der Waals surface area (Å²) in [6.45, 7) is 8.10. The van der Waals surface area contributed by atoms with Crippen LogP contribution in [0, 0.1) is 0 Å². The van der Waals surface area contributed by atoms with Gasteiger partial charge in [-0.25, -0.2) is 0 Å². The van der Waals surface area contributed by atoms with Crippen molar-refractivity contribution in [3.63, 3.8) is 0 Å². The molecule has 7 nitrogen and oxygen atoms in total. The second-order valence-corrected chi connectivity index (χ2v) is 8.23. The number of Topliss-reactive ketones (excluding diaryl/α,β-unsaturated/α-hetero) is 1. The van der Waals surface area contributed by atoms with E-state index in [0.29, 0.717) is 38.9 Å². The maximum atomic E-state index is 10.9. The summed E-state index contributed by atoms with van der Waals surface area (Å²) in [5.74, 6) is -0.562. The van der Waals surface area contributed by atoms with Gasteiger partial charge in [-0.2, -0.15) is 0 Å². The van der Waals surface area contributed by atoms with E-state index in [1.807, 2.05) is 13.8 Å². The summed E-state index contributed by atoms with van der Waals surface area (Å²) in [6.07, 6.45) is 5.69. The van der Waals surface area contributed by atoms with E-state index in [4.69, 9.17) is 18.9 Å². The quantitative estimate of drug-likeness (QED) is 0.676. The molecule has 0 radical (unpaired) electrons. The number of esters is 2. The van der Waals surface area contributed by atoms with Gasteiger partial charge < -0.3 is 18.9 Å². The lowest BCUT2D eigenvalue weighted by Gasteiger charge is -2.40. The molecule has 1 heterocycles. The Morgan fingerprint density at radius 3 is 1.59 bits per heavy atom. The normalized spacial score (nSPS) is 25.3. The topological polar surface area (TPSA) is 88.1 Å². The molecule has 0 atom stereocenters. The van der Waals surface area contributed by atoms with Crippen LogP contribution >= 0.6 is 0 Å². The van der Waals surface area contributed by atoms with Crippen LogP contribution in [0.3, 0.4) is 0 Å². The number of carbonyl (C=O) groups is 3. The van der Waals surface area contributed by atoms with Crippen LogP contribution in [-0.2, 0) is 33.3 Å². The molecule has 1 aliphatic heterocycles. The van der Waals surface area contributed by atoms with Crippen molar-refractivity contribution in [2.45, 2.75) is 96.1 Å². The molecule has 3 rings (SSSR count). The molecule has 0 aromatic rings. The molecule has 3 aliphatic rings. The van der Waals surface area contributed by atoms with E-state index < -0.39 is 0 Å². The van der Waals surface area contributed by atoms with E-state index in [-0.39, 0.29) is 34.7 Å². The van der Waals surface area contributed by atoms with Crippen LogP contribution in [0.1, 0.15) is 79.1 Å². The van der Waals surface area contributed by atoms with Crippen LogP contribution in [0.15, 0.2) is 0 Å². The highest BCUT2D eigenvalue weighted by atomic mass is 16.7. The largest absolute Gasteiger partial charge is 0.460 e. The Morgan fingerprint density at radius 1 is 0.778 bits per heavy atom. The molecule has 1 saturated heterocycles. The zero-order valence-electron chi connectivity index (χ0n) is 16.9. The van der Waals surface area contributed by atoms with Crippen molar-refractivity contribution in [2.24, 2.45) is 0 Å². The monoisotopic (exact) mass is 384 g/mol. The molecular formula is C20H32O7. The molecule has 154 valence electrons. The molecule has 7 heteroatoms. The summed E-state index contributed by atoms with van der Waals surface area (Å²) < 4.78 is 21.7. The Labute approximate surface area is 161 Å². The van der Waals surface area contributed by atoms with E-state index in [0.717, 1.165) is 25.7 Å². The van der Waals surface area contributed by atoms with Gasteiger partial charge in [0.25, 0.3) is 0 Å². The van der Waals surface area contributed by atoms with Crippen molar-refractivity contribution in [3.8, 4) is 0 Å². The van der Waals surface area contributed by atoms with Crippen LogP contribution in [0.4, 0.5) is 0 Å². The Kier molecular flexibility index (Phi) is 7.03. The van der Waals surface area contributed by atoms with E-state index >= 15 is 0 Å². The highest BCUT2D eigenvalue weighted by molar-refractivity contribution is 5.79. The standard InChI is InChI=1S/C11H18O4.C9H14O3/c1-9(12)15-10(2)3-5-11(6-4-10)13-7-8-14-11;1-7(10)12-9(2)5-3-8(11)4-6-9/h3-8H2,1-2H3;3-6H2,1-2H3. The summed E-state index contributed by atoms with van der Waals surface area (Å²) in [5, 5.41) is 0. The van der Waals surface area contributed by atoms with Gasteiger partial charge in [0.1, 0.15) is 17.0 Å². The molecule has 1 spiro atoms. The summed E-state index contributed by atoms with van der Waals surface area (Å²) in [5.41, 5.74) is -0.716. The van der Waals surface area contributed by atoms with Gasteiger partial charge in [-0.1, -0.05) is 0 Å². The van der Waals surface area contributed by atoms with Gasteiger partial charge in [-0.3, -0.25) is 14.4 Å². The number of hydrogen-bond acceptors (Lipinski definition) is 7. The van der Waals surface area contributed by atoms with E-state index in [9.17, 15) is 14.4 Å². The Hall–Kier alpha value is -1.47. The van der Waals surface area contributed by atoms with Gasteiger partial charge in [0.05, 0.1) is 13.2 Å². The molecule has 0 unspecified atom stereocenters. The number of rotatable bonds is 2. The van der Waals surface area contributed by atoms with E-state index in [1.165, 1.54) is 13.8 Å². The van der Waals surface area contributed by atoms with E-state index in [1.54, 1.807) is 0 Å². The first-order chi connectivity index (χ1) is 12.6. The van der Waals surface area contributed by atoms with Crippen LogP contribution in [0.5, 0.6) is 0 Å². The molecule has 2 aliphatic carbocycles. The highest BCUT2D eigenvalue weighted by Gasteiger charge is 2.45. The Morgan fingerprint density at radius 2 is 1.19 bits per heavy atom. The van der Waals surface area contributed by atoms with Crippen molar-refractivity contribution in [3.05, 3.63) is 0 Å². The molecule has 2 saturated carbocycles. The van der Waals surface area contributed by atoms with Crippen molar-refractivity contribution >= 4 is 17.7 Å². The lowest BCUT2D eigenvalue weighted by Crippen LogP contribution is -2.44. The Balaban J connectivity index is 0.000000199. The average Bonchev–Trinajstić information content (AvgIpc) is 3.02. The maximum absolute atomic E-state index is 10.9. The van der Waals surface area contributed by atoms with Crippen LogP contribution in [-0.4, -0.2) is 47.9 Å². The van der Waals surface area contributed by atoms with E-state index in [2.05, 4.69) is 0 Å². The molecule has 0 bridgehead atoms. The minimum absolute atomic E-state index is 0.207. The highest BCUT2D eigenvalue weighted by Crippen LogP contribution is 2.41. The number of hydrogen-bond donors (Lipinski definition) is 0. The maximum Gasteiger partial charge on any atom is 0.303 e. The van der Waals surface area contributed by atoms with Crippen molar-refractivity contribution < 1.29 is 33.3 Å². The minimum atomic E-state index is -0.389. The van der Waals surface area contributed by atoms with Crippen LogP contribution in [0.25, 0.3) is 0 Å². The summed E-state index contributed by atoms with van der Waals surface area (Å²) in [7, 11) is 0. The van der Waals surface area contributed by atoms with Gasteiger partial charge in [-0.05, 0) is 39.5 Å². The fraction of sp³-hybridized carbons (Fsp3) is 0.850. The van der Waals surface area contributed by atoms with Crippen LogP contribution < -0.4 is 0 Å². The van der Waals surface area contributed by atoms with Crippen LogP contribution in [0.2, 0.25) is 0 Å². The molecule has 0 amide bonds. The smallest absolute Gasteiger partial charge is 0.303 e. The molecule has 3 fully saturated rings. The third-order valence-electron chi connectivity index (χ3n) is 5.53. The third kappa shape index (κ3) is 6.57. The lowest BCUT2D eigenvalue weighted by atomic mass is 9.82. The molecule has 27 heavy (non-hydrogen) atoms. The van der Waals surface area contributed by atoms with Gasteiger partial charge in [0.15, 0.2) is 5.79 Å². The van der Waals surface area contributed by atoms with Crippen molar-refractivity contribution in [2.75, 3.05) is 13.2 Å². The lowest BCUT2D eigenvalue weighted by molar-refractivity contribution is -0.208. The predicted molar refractivity (Wildman–Crippen MR) is 96.9 cm³/mol. The molecule has 0 N–H and O–H groups in total. The second kappa shape index (κ2) is 8.69.